The first-order valence-electron chi connectivity index (χ1n) is 4.02. The normalized spacial score (nSPS) is 10.5. The number of nitrogens with one attached hydrogen (secondary N) is 1. The van der Waals surface area contributed by atoms with Crippen LogP contribution in [-0.4, -0.2) is 11.0 Å². The lowest BCUT2D eigenvalue weighted by Gasteiger charge is -1.91. The minimum Gasteiger partial charge on any atom is -0.361 e. The van der Waals surface area contributed by atoms with E-state index < -0.39 is 5.97 Å². The van der Waals surface area contributed by atoms with Gasteiger partial charge in [-0.15, -0.1) is 0 Å². The zero-order valence-corrected chi connectivity index (χ0v) is 6.91. The standard InChI is InChI=1S/C10H8NO2/c12-10(13)5-7-6-11-9-4-2-1-3-8(7)9/h1-4,6,11H,5H2. The van der Waals surface area contributed by atoms with E-state index >= 15 is 0 Å². The molecule has 1 N–H and O–H groups in total. The molecule has 0 saturated heterocycles. The van der Waals surface area contributed by atoms with Gasteiger partial charge in [-0.1, -0.05) is 18.2 Å². The second-order valence-corrected chi connectivity index (χ2v) is 2.91. The van der Waals surface area contributed by atoms with E-state index in [0.717, 1.165) is 16.5 Å². The average Bonchev–Trinajstić information content (AvgIpc) is 2.48. The van der Waals surface area contributed by atoms with Crippen molar-refractivity contribution >= 4 is 16.9 Å². The molecule has 0 aliphatic heterocycles. The summed E-state index contributed by atoms with van der Waals surface area (Å²) in [4.78, 5) is 13.4. The van der Waals surface area contributed by atoms with E-state index in [9.17, 15) is 9.90 Å². The first kappa shape index (κ1) is 7.86. The highest BCUT2D eigenvalue weighted by Gasteiger charge is 2.07. The molecule has 1 radical (unpaired) electrons. The Bertz CT molecular complexity index is 445. The molecule has 0 aliphatic carbocycles. The maximum Gasteiger partial charge on any atom is 0.360 e. The summed E-state index contributed by atoms with van der Waals surface area (Å²) in [5.74, 6) is -1.05. The monoisotopic (exact) mass is 174 g/mol. The fourth-order valence-electron chi connectivity index (χ4n) is 1.43. The summed E-state index contributed by atoms with van der Waals surface area (Å²) < 4.78 is 0. The fourth-order valence-corrected chi connectivity index (χ4v) is 1.43. The van der Waals surface area contributed by atoms with Crippen LogP contribution in [0.3, 0.4) is 0 Å². The topological polar surface area (TPSA) is 52.8 Å². The first-order valence-corrected chi connectivity index (χ1v) is 4.02. The second kappa shape index (κ2) is 2.94. The van der Waals surface area contributed by atoms with Crippen molar-refractivity contribution < 1.29 is 9.90 Å². The van der Waals surface area contributed by atoms with Gasteiger partial charge in [-0.2, -0.15) is 0 Å². The van der Waals surface area contributed by atoms with Crippen molar-refractivity contribution in [1.82, 2.24) is 4.98 Å². The number of rotatable bonds is 2. The van der Waals surface area contributed by atoms with Gasteiger partial charge in [-0.25, -0.2) is 9.90 Å². The zero-order valence-electron chi connectivity index (χ0n) is 6.91. The van der Waals surface area contributed by atoms with Crippen LogP contribution in [0.5, 0.6) is 0 Å². The van der Waals surface area contributed by atoms with Crippen LogP contribution in [-0.2, 0) is 16.3 Å². The Hall–Kier alpha value is -1.77. The van der Waals surface area contributed by atoms with Crippen LogP contribution >= 0.6 is 0 Å². The molecule has 0 unspecified atom stereocenters. The van der Waals surface area contributed by atoms with Gasteiger partial charge < -0.3 is 4.98 Å². The van der Waals surface area contributed by atoms with Gasteiger partial charge in [0, 0.05) is 17.1 Å². The first-order chi connectivity index (χ1) is 6.27. The molecule has 2 rings (SSSR count). The third-order valence-corrected chi connectivity index (χ3v) is 2.01. The largest absolute Gasteiger partial charge is 0.361 e. The highest BCUT2D eigenvalue weighted by Crippen LogP contribution is 2.17. The number of carbonyl (C=O) groups is 1. The molecule has 3 nitrogen and oxygen atoms in total. The third kappa shape index (κ3) is 1.40. The van der Waals surface area contributed by atoms with Crippen LogP contribution in [0, 0.1) is 0 Å². The van der Waals surface area contributed by atoms with Crippen molar-refractivity contribution in [1.29, 1.82) is 0 Å². The second-order valence-electron chi connectivity index (χ2n) is 2.91. The van der Waals surface area contributed by atoms with Crippen molar-refractivity contribution in [3.8, 4) is 0 Å². The summed E-state index contributed by atoms with van der Waals surface area (Å²) in [5.41, 5.74) is 1.73. The maximum absolute atomic E-state index is 10.4. The van der Waals surface area contributed by atoms with E-state index in [0.29, 0.717) is 0 Å². The minimum atomic E-state index is -1.05. The summed E-state index contributed by atoms with van der Waals surface area (Å²) in [5, 5.41) is 11.3. The fraction of sp³-hybridized carbons (Fsp3) is 0.100. The SMILES string of the molecule is [O]C(=O)Cc1c[nH]c2ccccc12. The number of hydrogen-bond donors (Lipinski definition) is 1. The number of hydrogen-bond acceptors (Lipinski definition) is 1. The van der Waals surface area contributed by atoms with E-state index in [1.165, 1.54) is 0 Å². The predicted octanol–water partition coefficient (Wildman–Crippen LogP) is 1.67. The molecule has 3 heteroatoms. The predicted molar refractivity (Wildman–Crippen MR) is 47.7 cm³/mol. The molecule has 0 aliphatic rings. The Kier molecular flexibility index (Phi) is 1.77. The Morgan fingerprint density at radius 1 is 1.31 bits per heavy atom. The molecular formula is C10H8NO2. The van der Waals surface area contributed by atoms with Crippen LogP contribution in [0.1, 0.15) is 5.56 Å². The van der Waals surface area contributed by atoms with E-state index in [4.69, 9.17) is 0 Å². The number of para-hydroxylation sites is 1. The molecular weight excluding hydrogens is 166 g/mol. The quantitative estimate of drug-likeness (QED) is 0.739. The van der Waals surface area contributed by atoms with Crippen molar-refractivity contribution in [3.63, 3.8) is 0 Å². The van der Waals surface area contributed by atoms with E-state index in [2.05, 4.69) is 4.98 Å². The molecule has 0 spiro atoms. The molecule has 13 heavy (non-hydrogen) atoms. The van der Waals surface area contributed by atoms with Crippen molar-refractivity contribution in [3.05, 3.63) is 36.0 Å². The number of aromatic nitrogens is 1. The lowest BCUT2D eigenvalue weighted by atomic mass is 10.1. The van der Waals surface area contributed by atoms with Gasteiger partial charge in [0.15, 0.2) is 0 Å². The van der Waals surface area contributed by atoms with Crippen molar-refractivity contribution in [2.45, 2.75) is 6.42 Å². The van der Waals surface area contributed by atoms with E-state index in [1.807, 2.05) is 24.3 Å². The lowest BCUT2D eigenvalue weighted by molar-refractivity contribution is -0.142. The number of fused-ring (bicyclic) bond motifs is 1. The van der Waals surface area contributed by atoms with Gasteiger partial charge in [0.2, 0.25) is 0 Å². The molecule has 1 aromatic heterocycles. The van der Waals surface area contributed by atoms with Crippen LogP contribution in [0.4, 0.5) is 0 Å². The van der Waals surface area contributed by atoms with E-state index in [-0.39, 0.29) is 6.42 Å². The van der Waals surface area contributed by atoms with Crippen molar-refractivity contribution in [2.24, 2.45) is 0 Å². The van der Waals surface area contributed by atoms with Crippen molar-refractivity contribution in [2.75, 3.05) is 0 Å². The molecule has 0 amide bonds. The van der Waals surface area contributed by atoms with Crippen LogP contribution in [0.25, 0.3) is 10.9 Å². The molecule has 0 atom stereocenters. The van der Waals surface area contributed by atoms with Gasteiger partial charge in [-0.05, 0) is 11.6 Å². The molecule has 0 saturated carbocycles. The number of benzene rings is 1. The highest BCUT2D eigenvalue weighted by molar-refractivity contribution is 5.86. The summed E-state index contributed by atoms with van der Waals surface area (Å²) >= 11 is 0. The Balaban J connectivity index is 2.51. The Morgan fingerprint density at radius 2 is 2.08 bits per heavy atom. The molecule has 2 aromatic rings. The Morgan fingerprint density at radius 3 is 2.85 bits per heavy atom. The summed E-state index contributed by atoms with van der Waals surface area (Å²) in [6.07, 6.45) is 1.67. The average molecular weight is 174 g/mol. The molecule has 1 heterocycles. The van der Waals surface area contributed by atoms with Gasteiger partial charge in [0.05, 0.1) is 6.42 Å². The number of aromatic amines is 1. The number of carbonyl (C=O) groups excluding carboxylic acids is 1. The molecule has 65 valence electrons. The third-order valence-electron chi connectivity index (χ3n) is 2.01. The minimum absolute atomic E-state index is 0.0377. The zero-order chi connectivity index (χ0) is 9.26. The molecule has 1 aromatic carbocycles. The summed E-state index contributed by atoms with van der Waals surface area (Å²) in [6, 6.07) is 7.59. The van der Waals surface area contributed by atoms with Crippen LogP contribution in [0.2, 0.25) is 0 Å². The molecule has 0 fully saturated rings. The van der Waals surface area contributed by atoms with Gasteiger partial charge >= 0.3 is 5.97 Å². The highest BCUT2D eigenvalue weighted by atomic mass is 16.4. The van der Waals surface area contributed by atoms with Crippen LogP contribution in [0.15, 0.2) is 30.5 Å². The molecule has 0 bridgehead atoms. The lowest BCUT2D eigenvalue weighted by Crippen LogP contribution is -1.96. The van der Waals surface area contributed by atoms with Gasteiger partial charge in [0.25, 0.3) is 0 Å². The Labute approximate surface area is 75.0 Å². The van der Waals surface area contributed by atoms with Gasteiger partial charge in [-0.3, -0.25) is 0 Å². The van der Waals surface area contributed by atoms with E-state index in [1.54, 1.807) is 6.20 Å². The smallest absolute Gasteiger partial charge is 0.360 e. The number of H-pyrrole nitrogens is 1. The van der Waals surface area contributed by atoms with Crippen LogP contribution < -0.4 is 0 Å². The summed E-state index contributed by atoms with van der Waals surface area (Å²) in [7, 11) is 0. The van der Waals surface area contributed by atoms with Gasteiger partial charge in [0.1, 0.15) is 0 Å². The maximum atomic E-state index is 10.4. The summed E-state index contributed by atoms with van der Waals surface area (Å²) in [6.45, 7) is 0.